The van der Waals surface area contributed by atoms with Crippen molar-refractivity contribution >= 4 is 7.85 Å². The van der Waals surface area contributed by atoms with Gasteiger partial charge in [0, 0.05) is 0 Å². The highest BCUT2D eigenvalue weighted by molar-refractivity contribution is 6.23. The van der Waals surface area contributed by atoms with Gasteiger partial charge >= 0.3 is 0 Å². The molecule has 0 aromatic rings. The molecule has 0 rings (SSSR count). The minimum atomic E-state index is -0.657. The summed E-state index contributed by atoms with van der Waals surface area (Å²) in [6, 6.07) is 0. The third-order valence-electron chi connectivity index (χ3n) is 0.678. The zero-order valence-electron chi connectivity index (χ0n) is 5.20. The molecule has 0 aliphatic rings. The van der Waals surface area contributed by atoms with Crippen molar-refractivity contribution in [2.24, 2.45) is 0 Å². The van der Waals surface area contributed by atoms with E-state index in [1.807, 2.05) is 0 Å². The monoisotopic (exact) mass is 128 g/mol. The largest absolute Gasteiger partial charge is 0.247 e. The molecule has 0 saturated heterocycles. The predicted octanol–water partition coefficient (Wildman–Crippen LogP) is 1.88. The van der Waals surface area contributed by atoms with Crippen LogP contribution in [0.5, 0.6) is 0 Å². The molecule has 3 heteroatoms. The van der Waals surface area contributed by atoms with Crippen LogP contribution in [0, 0.1) is 0 Å². The van der Waals surface area contributed by atoms with E-state index in [4.69, 9.17) is 7.85 Å². The molecule has 0 saturated carbocycles. The van der Waals surface area contributed by atoms with Crippen molar-refractivity contribution in [1.82, 2.24) is 0 Å². The first-order chi connectivity index (χ1) is 4.16. The first-order valence-electron chi connectivity index (χ1n) is 2.52. The summed E-state index contributed by atoms with van der Waals surface area (Å²) in [5.41, 5.74) is 0.123. The lowest BCUT2D eigenvalue weighted by Gasteiger charge is -1.87. The molecule has 48 valence electrons. The minimum Gasteiger partial charge on any atom is -0.247 e. The third-order valence-corrected chi connectivity index (χ3v) is 0.678. The molecule has 0 fully saturated rings. The van der Waals surface area contributed by atoms with Gasteiger partial charge in [-0.3, -0.25) is 0 Å². The molecule has 0 amide bonds. The molecular formula is C6H7BF2. The van der Waals surface area contributed by atoms with E-state index in [2.05, 4.69) is 0 Å². The maximum Gasteiger partial charge on any atom is 0.113 e. The van der Waals surface area contributed by atoms with Crippen LogP contribution in [-0.4, -0.2) is 14.5 Å². The van der Waals surface area contributed by atoms with Crippen LogP contribution in [0.2, 0.25) is 0 Å². The number of halogens is 2. The van der Waals surface area contributed by atoms with E-state index >= 15 is 0 Å². The SMILES string of the molecule is [B]C(=C/CF)/C=C(\C)F. The van der Waals surface area contributed by atoms with E-state index in [9.17, 15) is 8.78 Å². The van der Waals surface area contributed by atoms with Gasteiger partial charge in [0.25, 0.3) is 0 Å². The van der Waals surface area contributed by atoms with E-state index in [1.165, 1.54) is 6.92 Å². The van der Waals surface area contributed by atoms with E-state index in [1.54, 1.807) is 0 Å². The van der Waals surface area contributed by atoms with Gasteiger partial charge in [-0.25, -0.2) is 8.78 Å². The average molecular weight is 128 g/mol. The van der Waals surface area contributed by atoms with Gasteiger partial charge in [0.2, 0.25) is 0 Å². The van der Waals surface area contributed by atoms with Crippen LogP contribution in [0.15, 0.2) is 23.5 Å². The van der Waals surface area contributed by atoms with Crippen LogP contribution >= 0.6 is 0 Å². The van der Waals surface area contributed by atoms with Crippen LogP contribution in [0.4, 0.5) is 8.78 Å². The maximum absolute atomic E-state index is 11.9. The van der Waals surface area contributed by atoms with Gasteiger partial charge in [0.15, 0.2) is 0 Å². The molecular weight excluding hydrogens is 121 g/mol. The molecule has 0 aromatic carbocycles. The van der Waals surface area contributed by atoms with Crippen LogP contribution in [0.25, 0.3) is 0 Å². The predicted molar refractivity (Wildman–Crippen MR) is 34.7 cm³/mol. The molecule has 0 bridgehead atoms. The number of rotatable bonds is 2. The van der Waals surface area contributed by atoms with Gasteiger partial charge in [0.05, 0.1) is 5.83 Å². The fraction of sp³-hybridized carbons (Fsp3) is 0.333. The van der Waals surface area contributed by atoms with Crippen molar-refractivity contribution in [2.75, 3.05) is 6.67 Å². The summed E-state index contributed by atoms with van der Waals surface area (Å²) >= 11 is 0. The van der Waals surface area contributed by atoms with Crippen molar-refractivity contribution in [2.45, 2.75) is 6.92 Å². The third kappa shape index (κ3) is 5.27. The van der Waals surface area contributed by atoms with Crippen molar-refractivity contribution < 1.29 is 8.78 Å². The average Bonchev–Trinajstić information content (AvgIpc) is 1.63. The Labute approximate surface area is 54.7 Å². The molecule has 0 aliphatic carbocycles. The van der Waals surface area contributed by atoms with Gasteiger partial charge in [-0.2, -0.15) is 0 Å². The van der Waals surface area contributed by atoms with E-state index in [0.29, 0.717) is 0 Å². The molecule has 0 aromatic heterocycles. The normalized spacial score (nSPS) is 14.1. The molecule has 0 spiro atoms. The number of hydrogen-bond donors (Lipinski definition) is 0. The summed E-state index contributed by atoms with van der Waals surface area (Å²) in [4.78, 5) is 0. The second kappa shape index (κ2) is 4.30. The molecule has 0 heterocycles. The van der Waals surface area contributed by atoms with Gasteiger partial charge in [-0.1, -0.05) is 11.5 Å². The Morgan fingerprint density at radius 3 is 2.56 bits per heavy atom. The Kier molecular flexibility index (Phi) is 4.02. The molecule has 0 N–H and O–H groups in total. The highest BCUT2D eigenvalue weighted by Crippen LogP contribution is 1.98. The fourth-order valence-electron chi connectivity index (χ4n) is 0.378. The molecule has 0 nitrogen and oxygen atoms in total. The Balaban J connectivity index is 3.90. The molecule has 0 atom stereocenters. The summed E-state index contributed by atoms with van der Waals surface area (Å²) in [6.45, 7) is 0.592. The van der Waals surface area contributed by atoms with Crippen LogP contribution in [-0.2, 0) is 0 Å². The Morgan fingerprint density at radius 2 is 2.22 bits per heavy atom. The van der Waals surface area contributed by atoms with Gasteiger partial charge in [0.1, 0.15) is 14.5 Å². The summed E-state index contributed by atoms with van der Waals surface area (Å²) in [7, 11) is 5.09. The zero-order valence-corrected chi connectivity index (χ0v) is 5.20. The van der Waals surface area contributed by atoms with Crippen LogP contribution < -0.4 is 0 Å². The highest BCUT2D eigenvalue weighted by atomic mass is 19.1. The van der Waals surface area contributed by atoms with Gasteiger partial charge < -0.3 is 0 Å². The maximum atomic E-state index is 11.9. The van der Waals surface area contributed by atoms with Crippen molar-refractivity contribution in [3.05, 3.63) is 23.5 Å². The van der Waals surface area contributed by atoms with Crippen molar-refractivity contribution in [1.29, 1.82) is 0 Å². The Bertz CT molecular complexity index is 134. The second-order valence-corrected chi connectivity index (χ2v) is 1.59. The molecule has 9 heavy (non-hydrogen) atoms. The molecule has 0 unspecified atom stereocenters. The lowest BCUT2D eigenvalue weighted by molar-refractivity contribution is 0.561. The molecule has 0 aliphatic heterocycles. The summed E-state index contributed by atoms with van der Waals surface area (Å²) in [5.74, 6) is -0.419. The highest BCUT2D eigenvalue weighted by Gasteiger charge is 1.83. The number of hydrogen-bond acceptors (Lipinski definition) is 0. The van der Waals surface area contributed by atoms with Gasteiger partial charge in [-0.15, -0.1) is 0 Å². The topological polar surface area (TPSA) is 0 Å². The Morgan fingerprint density at radius 1 is 1.67 bits per heavy atom. The van der Waals surface area contributed by atoms with Gasteiger partial charge in [-0.05, 0) is 13.0 Å². The van der Waals surface area contributed by atoms with Crippen molar-refractivity contribution in [3.63, 3.8) is 0 Å². The lowest BCUT2D eigenvalue weighted by Crippen LogP contribution is -1.77. The van der Waals surface area contributed by atoms with E-state index in [-0.39, 0.29) is 5.47 Å². The number of allylic oxidation sites excluding steroid dienone is 4. The Hall–Kier alpha value is -0.595. The second-order valence-electron chi connectivity index (χ2n) is 1.59. The summed E-state index contributed by atoms with van der Waals surface area (Å²) in [6.07, 6.45) is 2.17. The first kappa shape index (κ1) is 8.40. The first-order valence-corrected chi connectivity index (χ1v) is 2.52. The zero-order chi connectivity index (χ0) is 7.28. The van der Waals surface area contributed by atoms with Crippen LogP contribution in [0.1, 0.15) is 6.92 Å². The van der Waals surface area contributed by atoms with E-state index in [0.717, 1.165) is 12.2 Å². The minimum absolute atomic E-state index is 0.123. The quantitative estimate of drug-likeness (QED) is 0.393. The fourth-order valence-corrected chi connectivity index (χ4v) is 0.378. The standard InChI is InChI=1S/C6H7BF2/c1-5(9)4-6(7)2-3-8/h2,4H,3H2,1H3/b5-4+,6-2+. The lowest BCUT2D eigenvalue weighted by atomic mass is 9.95. The van der Waals surface area contributed by atoms with E-state index < -0.39 is 12.5 Å². The van der Waals surface area contributed by atoms with Crippen LogP contribution in [0.3, 0.4) is 0 Å². The van der Waals surface area contributed by atoms with Crippen molar-refractivity contribution in [3.8, 4) is 0 Å². The number of alkyl halides is 1. The smallest absolute Gasteiger partial charge is 0.113 e. The summed E-state index contributed by atoms with van der Waals surface area (Å²) in [5, 5.41) is 0. The molecule has 2 radical (unpaired) electrons. The summed E-state index contributed by atoms with van der Waals surface area (Å²) < 4.78 is 23.3.